The molecule has 3 aromatic carbocycles. The van der Waals surface area contributed by atoms with E-state index >= 15 is 0 Å². The first-order valence-electron chi connectivity index (χ1n) is 12.8. The summed E-state index contributed by atoms with van der Waals surface area (Å²) in [5.74, 6) is 2.22. The first kappa shape index (κ1) is 27.9. The minimum absolute atomic E-state index is 0.763. The molecule has 4 fully saturated rings. The Morgan fingerprint density at radius 2 is 0.824 bits per heavy atom. The van der Waals surface area contributed by atoms with Crippen LogP contribution >= 0.6 is 0 Å². The van der Waals surface area contributed by atoms with Crippen LogP contribution in [-0.2, 0) is 4.74 Å². The minimum atomic E-state index is 0.763. The van der Waals surface area contributed by atoms with Gasteiger partial charge in [0.15, 0.2) is 0 Å². The fourth-order valence-electron chi connectivity index (χ4n) is 6.53. The van der Waals surface area contributed by atoms with Gasteiger partial charge in [-0.05, 0) is 68.1 Å². The molecule has 0 aromatic heterocycles. The standard InChI is InChI=1S/C12H20.C7H8.2C6H6.C2H6O/c1-11-4-9-3-10(5-11)7-12(2,6-9)8-11;1-7-5-3-2-4-6-7;2*1-2-4-6-5-3-1;1-3-2/h9-10H,3-8H2,1-2H3;2-6H,1H3;2*1-6H;1-2H3. The van der Waals surface area contributed by atoms with Crippen molar-refractivity contribution in [3.63, 3.8) is 0 Å². The summed E-state index contributed by atoms with van der Waals surface area (Å²) in [6.07, 6.45) is 9.33. The van der Waals surface area contributed by atoms with E-state index in [1.165, 1.54) is 12.0 Å². The molecule has 1 nitrogen and oxygen atoms in total. The maximum atomic E-state index is 4.25. The Balaban J connectivity index is 0.000000162. The Bertz CT molecular complexity index is 740. The van der Waals surface area contributed by atoms with Crippen molar-refractivity contribution in [3.05, 3.63) is 109 Å². The normalized spacial score (nSPS) is 27.2. The third-order valence-corrected chi connectivity index (χ3v) is 6.92. The molecule has 0 heterocycles. The molecule has 0 N–H and O–H groups in total. The van der Waals surface area contributed by atoms with E-state index in [9.17, 15) is 0 Å². The molecule has 0 amide bonds. The van der Waals surface area contributed by atoms with Gasteiger partial charge in [-0.15, -0.1) is 0 Å². The Hall–Kier alpha value is -2.38. The van der Waals surface area contributed by atoms with Crippen molar-refractivity contribution in [1.29, 1.82) is 0 Å². The molecule has 0 saturated heterocycles. The Labute approximate surface area is 209 Å². The SMILES string of the molecule is CC12CC3CC(C1)CC(C)(C3)C2.COC.Cc1ccccc1.c1ccccc1.c1ccccc1. The van der Waals surface area contributed by atoms with Gasteiger partial charge in [0.25, 0.3) is 0 Å². The molecule has 0 unspecified atom stereocenters. The van der Waals surface area contributed by atoms with E-state index in [0.717, 1.165) is 22.7 Å². The van der Waals surface area contributed by atoms with Gasteiger partial charge in [0.05, 0.1) is 0 Å². The number of ether oxygens (including phenoxy) is 1. The highest BCUT2D eigenvalue weighted by atomic mass is 16.4. The van der Waals surface area contributed by atoms with Crippen molar-refractivity contribution in [2.45, 2.75) is 59.3 Å². The first-order chi connectivity index (χ1) is 16.4. The largest absolute Gasteiger partial charge is 0.388 e. The van der Waals surface area contributed by atoms with E-state index in [2.05, 4.69) is 37.6 Å². The highest BCUT2D eigenvalue weighted by Gasteiger charge is 2.53. The predicted molar refractivity (Wildman–Crippen MR) is 148 cm³/mol. The topological polar surface area (TPSA) is 9.23 Å². The smallest absolute Gasteiger partial charge is 0.0351 e. The first-order valence-corrected chi connectivity index (χ1v) is 12.8. The Kier molecular flexibility index (Phi) is 12.1. The second kappa shape index (κ2) is 14.8. The van der Waals surface area contributed by atoms with Crippen molar-refractivity contribution in [2.24, 2.45) is 22.7 Å². The van der Waals surface area contributed by atoms with Gasteiger partial charge in [-0.3, -0.25) is 0 Å². The summed E-state index contributed by atoms with van der Waals surface area (Å²) < 4.78 is 4.25. The van der Waals surface area contributed by atoms with Gasteiger partial charge in [-0.1, -0.05) is 123 Å². The lowest BCUT2D eigenvalue weighted by atomic mass is 9.45. The van der Waals surface area contributed by atoms with Gasteiger partial charge in [-0.2, -0.15) is 0 Å². The summed E-state index contributed by atoms with van der Waals surface area (Å²) in [5, 5.41) is 0. The second-order valence-corrected chi connectivity index (χ2v) is 11.0. The van der Waals surface area contributed by atoms with Crippen LogP contribution in [0.15, 0.2) is 103 Å². The van der Waals surface area contributed by atoms with Crippen LogP contribution < -0.4 is 0 Å². The van der Waals surface area contributed by atoms with E-state index in [1.54, 1.807) is 46.3 Å². The molecule has 4 aliphatic rings. The van der Waals surface area contributed by atoms with E-state index in [4.69, 9.17) is 0 Å². The van der Waals surface area contributed by atoms with Crippen LogP contribution in [-0.4, -0.2) is 14.2 Å². The summed E-state index contributed by atoms with van der Waals surface area (Å²) in [6.45, 7) is 7.17. The average Bonchev–Trinajstić information content (AvgIpc) is 2.81. The maximum Gasteiger partial charge on any atom is 0.0351 e. The van der Waals surface area contributed by atoms with Gasteiger partial charge in [0.1, 0.15) is 0 Å². The third-order valence-electron chi connectivity index (χ3n) is 6.92. The van der Waals surface area contributed by atoms with E-state index in [0.29, 0.717) is 0 Å². The monoisotopic (exact) mass is 458 g/mol. The van der Waals surface area contributed by atoms with Crippen LogP contribution in [0.1, 0.15) is 57.9 Å². The predicted octanol–water partition coefficient (Wildman–Crippen LogP) is 9.24. The minimum Gasteiger partial charge on any atom is -0.388 e. The highest BCUT2D eigenvalue weighted by Crippen LogP contribution is 2.64. The van der Waals surface area contributed by atoms with Gasteiger partial charge >= 0.3 is 0 Å². The van der Waals surface area contributed by atoms with Crippen molar-refractivity contribution >= 4 is 0 Å². The van der Waals surface area contributed by atoms with Crippen molar-refractivity contribution in [2.75, 3.05) is 14.2 Å². The molecule has 7 rings (SSSR count). The van der Waals surface area contributed by atoms with Crippen molar-refractivity contribution in [1.82, 2.24) is 0 Å². The molecule has 0 atom stereocenters. The number of methoxy groups -OCH3 is 1. The molecule has 1 heteroatoms. The molecule has 4 saturated carbocycles. The van der Waals surface area contributed by atoms with E-state index in [-0.39, 0.29) is 0 Å². The molecule has 34 heavy (non-hydrogen) atoms. The van der Waals surface area contributed by atoms with Gasteiger partial charge < -0.3 is 4.74 Å². The average molecular weight is 459 g/mol. The Morgan fingerprint density at radius 1 is 0.559 bits per heavy atom. The van der Waals surface area contributed by atoms with E-state index in [1.807, 2.05) is 91.0 Å². The lowest BCUT2D eigenvalue weighted by molar-refractivity contribution is -0.0920. The highest BCUT2D eigenvalue weighted by molar-refractivity contribution is 5.11. The zero-order chi connectivity index (χ0) is 24.7. The van der Waals surface area contributed by atoms with Crippen LogP contribution in [0.25, 0.3) is 0 Å². The number of aryl methyl sites for hydroxylation is 1. The van der Waals surface area contributed by atoms with Crippen LogP contribution in [0.2, 0.25) is 0 Å². The molecular formula is C33H46O. The van der Waals surface area contributed by atoms with Crippen LogP contribution in [0.3, 0.4) is 0 Å². The fourth-order valence-corrected chi connectivity index (χ4v) is 6.53. The summed E-state index contributed by atoms with van der Waals surface area (Å²) >= 11 is 0. The molecular weight excluding hydrogens is 412 g/mol. The summed E-state index contributed by atoms with van der Waals surface area (Å²) in [5.41, 5.74) is 2.85. The maximum absolute atomic E-state index is 4.25. The zero-order valence-electron chi connectivity index (χ0n) is 22.1. The van der Waals surface area contributed by atoms with E-state index < -0.39 is 0 Å². The van der Waals surface area contributed by atoms with Crippen LogP contribution in [0.5, 0.6) is 0 Å². The molecule has 184 valence electrons. The molecule has 0 radical (unpaired) electrons. The zero-order valence-corrected chi connectivity index (χ0v) is 22.1. The van der Waals surface area contributed by atoms with Gasteiger partial charge in [-0.25, -0.2) is 0 Å². The van der Waals surface area contributed by atoms with Gasteiger partial charge in [0.2, 0.25) is 0 Å². The molecule has 0 spiro atoms. The van der Waals surface area contributed by atoms with Crippen molar-refractivity contribution in [3.8, 4) is 0 Å². The summed E-state index contributed by atoms with van der Waals surface area (Å²) in [7, 11) is 3.25. The van der Waals surface area contributed by atoms with Gasteiger partial charge in [0, 0.05) is 14.2 Å². The molecule has 0 aliphatic heterocycles. The number of hydrogen-bond acceptors (Lipinski definition) is 1. The lowest BCUT2D eigenvalue weighted by Crippen LogP contribution is -2.49. The third kappa shape index (κ3) is 10.7. The quantitative estimate of drug-likeness (QED) is 0.326. The number of benzene rings is 3. The fraction of sp³-hybridized carbons (Fsp3) is 0.455. The molecule has 3 aromatic rings. The summed E-state index contributed by atoms with van der Waals surface area (Å²) in [6, 6.07) is 34.3. The summed E-state index contributed by atoms with van der Waals surface area (Å²) in [4.78, 5) is 0. The Morgan fingerprint density at radius 3 is 1.03 bits per heavy atom. The van der Waals surface area contributed by atoms with Crippen LogP contribution in [0.4, 0.5) is 0 Å². The van der Waals surface area contributed by atoms with Crippen LogP contribution in [0, 0.1) is 29.6 Å². The van der Waals surface area contributed by atoms with Crippen molar-refractivity contribution < 1.29 is 4.74 Å². The second-order valence-electron chi connectivity index (χ2n) is 11.0. The lowest BCUT2D eigenvalue weighted by Gasteiger charge is -2.60. The molecule has 4 aliphatic carbocycles. The number of hydrogen-bond donors (Lipinski definition) is 0. The molecule has 4 bridgehead atoms. The number of rotatable bonds is 0.